The van der Waals surface area contributed by atoms with Gasteiger partial charge in [0.2, 0.25) is 5.91 Å². The number of hydrogen-bond acceptors (Lipinski definition) is 3. The Morgan fingerprint density at radius 2 is 2.20 bits per heavy atom. The van der Waals surface area contributed by atoms with Gasteiger partial charge in [-0.25, -0.2) is 0 Å². The zero-order chi connectivity index (χ0) is 10.9. The number of carbonyl (C=O) groups is 1. The zero-order valence-electron chi connectivity index (χ0n) is 8.92. The average molecular weight is 210 g/mol. The molecule has 4 nitrogen and oxygen atoms in total. The lowest BCUT2D eigenvalue weighted by molar-refractivity contribution is -0.120. The van der Waals surface area contributed by atoms with E-state index in [1.807, 2.05) is 0 Å². The second-order valence-electron chi connectivity index (χ2n) is 3.67. The Morgan fingerprint density at radius 1 is 1.47 bits per heavy atom. The van der Waals surface area contributed by atoms with E-state index >= 15 is 0 Å². The summed E-state index contributed by atoms with van der Waals surface area (Å²) < 4.78 is 5.24. The maximum absolute atomic E-state index is 11.3. The van der Waals surface area contributed by atoms with Crippen LogP contribution in [0.5, 0.6) is 0 Å². The Morgan fingerprint density at radius 3 is 2.87 bits per heavy atom. The van der Waals surface area contributed by atoms with Gasteiger partial charge in [-0.15, -0.1) is 6.42 Å². The smallest absolute Gasteiger partial charge is 0.233 e. The molecule has 1 aliphatic heterocycles. The van der Waals surface area contributed by atoms with Crippen LogP contribution in [0.3, 0.4) is 0 Å². The summed E-state index contributed by atoms with van der Waals surface area (Å²) in [6.07, 6.45) is 7.13. The minimum Gasteiger partial charge on any atom is -0.381 e. The highest BCUT2D eigenvalue weighted by Gasteiger charge is 2.14. The zero-order valence-corrected chi connectivity index (χ0v) is 8.92. The third kappa shape index (κ3) is 5.40. The number of carbonyl (C=O) groups excluding carboxylic acids is 1. The molecule has 0 bridgehead atoms. The van der Waals surface area contributed by atoms with E-state index in [-0.39, 0.29) is 5.91 Å². The minimum atomic E-state index is 0.0109. The van der Waals surface area contributed by atoms with Crippen molar-refractivity contribution >= 4 is 5.91 Å². The molecule has 0 atom stereocenters. The summed E-state index contributed by atoms with van der Waals surface area (Å²) in [5.74, 6) is 3.00. The summed E-state index contributed by atoms with van der Waals surface area (Å²) >= 11 is 0. The van der Waals surface area contributed by atoms with Gasteiger partial charge in [0.1, 0.15) is 0 Å². The normalized spacial score (nSPS) is 17.0. The Labute approximate surface area is 90.8 Å². The van der Waals surface area contributed by atoms with Crippen LogP contribution in [0.25, 0.3) is 0 Å². The van der Waals surface area contributed by atoms with Crippen LogP contribution in [0.2, 0.25) is 0 Å². The van der Waals surface area contributed by atoms with E-state index in [1.54, 1.807) is 0 Å². The fourth-order valence-corrected chi connectivity index (χ4v) is 1.52. The monoisotopic (exact) mass is 210 g/mol. The summed E-state index contributed by atoms with van der Waals surface area (Å²) in [6.45, 7) is 3.11. The van der Waals surface area contributed by atoms with E-state index in [0.29, 0.717) is 19.0 Å². The van der Waals surface area contributed by atoms with Gasteiger partial charge in [-0.3, -0.25) is 10.1 Å². The molecule has 84 valence electrons. The quantitative estimate of drug-likeness (QED) is 0.486. The predicted octanol–water partition coefficient (Wildman–Crippen LogP) is -0.248. The number of hydrogen-bond donors (Lipinski definition) is 2. The maximum Gasteiger partial charge on any atom is 0.233 e. The molecule has 1 heterocycles. The van der Waals surface area contributed by atoms with E-state index < -0.39 is 0 Å². The van der Waals surface area contributed by atoms with Gasteiger partial charge in [0.15, 0.2) is 0 Å². The first-order valence-corrected chi connectivity index (χ1v) is 5.31. The van der Waals surface area contributed by atoms with Gasteiger partial charge in [-0.05, 0) is 18.8 Å². The maximum atomic E-state index is 11.3. The van der Waals surface area contributed by atoms with E-state index in [4.69, 9.17) is 11.2 Å². The van der Waals surface area contributed by atoms with Crippen molar-refractivity contribution in [3.8, 4) is 12.3 Å². The van der Waals surface area contributed by atoms with E-state index in [0.717, 1.165) is 32.6 Å². The number of terminal acetylenes is 1. The number of nitrogens with one attached hydrogen (secondary N) is 2. The van der Waals surface area contributed by atoms with Gasteiger partial charge in [-0.1, -0.05) is 5.92 Å². The molecule has 0 unspecified atom stereocenters. The fraction of sp³-hybridized carbons (Fsp3) is 0.727. The van der Waals surface area contributed by atoms with E-state index in [2.05, 4.69) is 16.6 Å². The van der Waals surface area contributed by atoms with Crippen molar-refractivity contribution in [2.45, 2.75) is 12.8 Å². The predicted molar refractivity (Wildman–Crippen MR) is 58.3 cm³/mol. The number of rotatable bonds is 5. The van der Waals surface area contributed by atoms with Gasteiger partial charge in [0, 0.05) is 19.8 Å². The standard InChI is InChI=1S/C11H18N2O2/c1-2-5-12-9-11(14)13-8-10-3-6-15-7-4-10/h1,10,12H,3-9H2,(H,13,14). The topological polar surface area (TPSA) is 50.4 Å². The average Bonchev–Trinajstić information content (AvgIpc) is 2.28. The van der Waals surface area contributed by atoms with Crippen LogP contribution in [-0.2, 0) is 9.53 Å². The third-order valence-electron chi connectivity index (χ3n) is 2.44. The Hall–Kier alpha value is -1.05. The Balaban J connectivity index is 2.03. The molecule has 1 rings (SSSR count). The minimum absolute atomic E-state index is 0.0109. The molecule has 15 heavy (non-hydrogen) atoms. The highest BCUT2D eigenvalue weighted by molar-refractivity contribution is 5.77. The molecule has 1 aliphatic rings. The highest BCUT2D eigenvalue weighted by atomic mass is 16.5. The molecule has 0 spiro atoms. The van der Waals surface area contributed by atoms with Crippen LogP contribution >= 0.6 is 0 Å². The van der Waals surface area contributed by atoms with Crippen LogP contribution in [-0.4, -0.2) is 38.8 Å². The van der Waals surface area contributed by atoms with Crippen LogP contribution in [0.1, 0.15) is 12.8 Å². The molecular formula is C11H18N2O2. The molecule has 0 radical (unpaired) electrons. The molecule has 1 fully saturated rings. The van der Waals surface area contributed by atoms with E-state index in [9.17, 15) is 4.79 Å². The lowest BCUT2D eigenvalue weighted by Crippen LogP contribution is -2.37. The van der Waals surface area contributed by atoms with Crippen molar-refractivity contribution in [1.82, 2.24) is 10.6 Å². The highest BCUT2D eigenvalue weighted by Crippen LogP contribution is 2.12. The lowest BCUT2D eigenvalue weighted by Gasteiger charge is -2.22. The Kier molecular flexibility index (Phi) is 5.83. The third-order valence-corrected chi connectivity index (χ3v) is 2.44. The molecule has 1 saturated heterocycles. The summed E-state index contributed by atoms with van der Waals surface area (Å²) in [5, 5.41) is 5.74. The fourth-order valence-electron chi connectivity index (χ4n) is 1.52. The summed E-state index contributed by atoms with van der Waals surface area (Å²) in [5.41, 5.74) is 0. The van der Waals surface area contributed by atoms with Gasteiger partial charge >= 0.3 is 0 Å². The van der Waals surface area contributed by atoms with Gasteiger partial charge in [0.25, 0.3) is 0 Å². The van der Waals surface area contributed by atoms with Crippen molar-refractivity contribution in [3.05, 3.63) is 0 Å². The van der Waals surface area contributed by atoms with Crippen LogP contribution in [0, 0.1) is 18.3 Å². The summed E-state index contributed by atoms with van der Waals surface area (Å²) in [7, 11) is 0. The molecule has 0 saturated carbocycles. The van der Waals surface area contributed by atoms with Crippen molar-refractivity contribution in [2.24, 2.45) is 5.92 Å². The van der Waals surface area contributed by atoms with Crippen molar-refractivity contribution in [3.63, 3.8) is 0 Å². The van der Waals surface area contributed by atoms with Crippen LogP contribution < -0.4 is 10.6 Å². The van der Waals surface area contributed by atoms with Crippen LogP contribution in [0.4, 0.5) is 0 Å². The largest absolute Gasteiger partial charge is 0.381 e. The number of amides is 1. The first-order valence-electron chi connectivity index (χ1n) is 5.31. The summed E-state index contributed by atoms with van der Waals surface area (Å²) in [6, 6.07) is 0. The molecule has 0 aromatic heterocycles. The van der Waals surface area contributed by atoms with E-state index in [1.165, 1.54) is 0 Å². The molecule has 0 aromatic carbocycles. The van der Waals surface area contributed by atoms with Gasteiger partial charge < -0.3 is 10.1 Å². The molecule has 2 N–H and O–H groups in total. The first-order chi connectivity index (χ1) is 7.33. The Bertz CT molecular complexity index is 229. The van der Waals surface area contributed by atoms with Gasteiger partial charge in [-0.2, -0.15) is 0 Å². The molecular weight excluding hydrogens is 192 g/mol. The van der Waals surface area contributed by atoms with Crippen molar-refractivity contribution in [1.29, 1.82) is 0 Å². The second-order valence-corrected chi connectivity index (χ2v) is 3.67. The lowest BCUT2D eigenvalue weighted by atomic mass is 10.0. The first kappa shape index (κ1) is 12.0. The van der Waals surface area contributed by atoms with Crippen molar-refractivity contribution < 1.29 is 9.53 Å². The number of ether oxygens (including phenoxy) is 1. The summed E-state index contributed by atoms with van der Waals surface area (Å²) in [4.78, 5) is 11.3. The molecule has 0 aromatic rings. The van der Waals surface area contributed by atoms with Crippen molar-refractivity contribution in [2.75, 3.05) is 32.8 Å². The van der Waals surface area contributed by atoms with Crippen LogP contribution in [0.15, 0.2) is 0 Å². The molecule has 0 aliphatic carbocycles. The van der Waals surface area contributed by atoms with Gasteiger partial charge in [0.05, 0.1) is 13.1 Å². The SMILES string of the molecule is C#CCNCC(=O)NCC1CCOCC1. The molecule has 4 heteroatoms. The second kappa shape index (κ2) is 7.27. The molecule has 1 amide bonds.